The van der Waals surface area contributed by atoms with E-state index in [0.717, 1.165) is 16.6 Å². The number of hydrogen-bond donors (Lipinski definition) is 0. The molecule has 0 heterocycles. The van der Waals surface area contributed by atoms with Crippen LogP contribution in [0.5, 0.6) is 0 Å². The molecule has 1 aromatic rings. The Bertz CT molecular complexity index is 281. The third kappa shape index (κ3) is 2.25. The fourth-order valence-electron chi connectivity index (χ4n) is 1.43. The van der Waals surface area contributed by atoms with Crippen molar-refractivity contribution in [3.05, 3.63) is 30.1 Å². The van der Waals surface area contributed by atoms with E-state index in [9.17, 15) is 4.39 Å². The standard InChI is InChI=1S/C11H13FS/c12-10-6-1-2-7-11(10)13-8-9-4-3-5-9/h1-2,6-7,9H,3-5,8H2. The number of benzene rings is 1. The van der Waals surface area contributed by atoms with E-state index < -0.39 is 0 Å². The lowest BCUT2D eigenvalue weighted by atomic mass is 9.87. The molecule has 70 valence electrons. The average molecular weight is 196 g/mol. The van der Waals surface area contributed by atoms with Gasteiger partial charge in [-0.2, -0.15) is 0 Å². The summed E-state index contributed by atoms with van der Waals surface area (Å²) in [5, 5.41) is 0. The Morgan fingerprint density at radius 2 is 2.08 bits per heavy atom. The first kappa shape index (κ1) is 9.07. The van der Waals surface area contributed by atoms with Crippen LogP contribution in [-0.2, 0) is 0 Å². The van der Waals surface area contributed by atoms with Crippen LogP contribution in [0, 0.1) is 11.7 Å². The highest BCUT2D eigenvalue weighted by atomic mass is 32.2. The van der Waals surface area contributed by atoms with Crippen molar-refractivity contribution in [2.24, 2.45) is 5.92 Å². The third-order valence-corrected chi connectivity index (χ3v) is 3.82. The first-order chi connectivity index (χ1) is 6.36. The smallest absolute Gasteiger partial charge is 0.136 e. The van der Waals surface area contributed by atoms with Crippen LogP contribution in [-0.4, -0.2) is 5.75 Å². The molecule has 0 amide bonds. The van der Waals surface area contributed by atoms with Crippen LogP contribution in [0.2, 0.25) is 0 Å². The highest BCUT2D eigenvalue weighted by Gasteiger charge is 2.17. The maximum absolute atomic E-state index is 13.1. The second kappa shape index (κ2) is 4.14. The van der Waals surface area contributed by atoms with Crippen molar-refractivity contribution in [1.29, 1.82) is 0 Å². The minimum atomic E-state index is -0.0770. The summed E-state index contributed by atoms with van der Waals surface area (Å²) < 4.78 is 13.1. The van der Waals surface area contributed by atoms with Crippen molar-refractivity contribution in [1.82, 2.24) is 0 Å². The van der Waals surface area contributed by atoms with Crippen LogP contribution >= 0.6 is 11.8 Å². The molecule has 2 heteroatoms. The highest BCUT2D eigenvalue weighted by Crippen LogP contribution is 2.33. The Morgan fingerprint density at radius 1 is 1.31 bits per heavy atom. The van der Waals surface area contributed by atoms with Crippen LogP contribution in [0.15, 0.2) is 29.2 Å². The molecule has 1 aliphatic carbocycles. The molecule has 1 aromatic carbocycles. The lowest BCUT2D eigenvalue weighted by Gasteiger charge is -2.24. The van der Waals surface area contributed by atoms with Gasteiger partial charge in [0, 0.05) is 10.6 Å². The van der Waals surface area contributed by atoms with Crippen LogP contribution in [0.25, 0.3) is 0 Å². The van der Waals surface area contributed by atoms with Crippen molar-refractivity contribution in [2.75, 3.05) is 5.75 Å². The summed E-state index contributed by atoms with van der Waals surface area (Å²) in [7, 11) is 0. The Morgan fingerprint density at radius 3 is 2.69 bits per heavy atom. The van der Waals surface area contributed by atoms with Crippen molar-refractivity contribution in [3.63, 3.8) is 0 Å². The van der Waals surface area contributed by atoms with Gasteiger partial charge in [0.25, 0.3) is 0 Å². The quantitative estimate of drug-likeness (QED) is 0.664. The summed E-state index contributed by atoms with van der Waals surface area (Å²) in [5.74, 6) is 1.84. The van der Waals surface area contributed by atoms with Gasteiger partial charge >= 0.3 is 0 Å². The van der Waals surface area contributed by atoms with Gasteiger partial charge in [-0.15, -0.1) is 11.8 Å². The summed E-state index contributed by atoms with van der Waals surface area (Å²) >= 11 is 1.66. The summed E-state index contributed by atoms with van der Waals surface area (Å²) in [4.78, 5) is 0.800. The largest absolute Gasteiger partial charge is 0.206 e. The zero-order valence-corrected chi connectivity index (χ0v) is 8.32. The van der Waals surface area contributed by atoms with E-state index in [1.165, 1.54) is 25.3 Å². The topological polar surface area (TPSA) is 0 Å². The summed E-state index contributed by atoms with van der Waals surface area (Å²) in [6.07, 6.45) is 4.03. The molecular weight excluding hydrogens is 183 g/mol. The minimum absolute atomic E-state index is 0.0770. The molecule has 0 spiro atoms. The van der Waals surface area contributed by atoms with Gasteiger partial charge < -0.3 is 0 Å². The van der Waals surface area contributed by atoms with Crippen LogP contribution < -0.4 is 0 Å². The zero-order valence-electron chi connectivity index (χ0n) is 7.50. The van der Waals surface area contributed by atoms with E-state index in [4.69, 9.17) is 0 Å². The van der Waals surface area contributed by atoms with E-state index in [0.29, 0.717) is 0 Å². The van der Waals surface area contributed by atoms with Crippen molar-refractivity contribution < 1.29 is 4.39 Å². The third-order valence-electron chi connectivity index (χ3n) is 2.54. The van der Waals surface area contributed by atoms with Gasteiger partial charge in [-0.25, -0.2) is 4.39 Å². The Hall–Kier alpha value is -0.500. The molecule has 13 heavy (non-hydrogen) atoms. The second-order valence-corrected chi connectivity index (χ2v) is 4.60. The van der Waals surface area contributed by atoms with Gasteiger partial charge in [0.1, 0.15) is 5.82 Å². The Labute approximate surface area is 82.5 Å². The predicted octanol–water partition coefficient (Wildman–Crippen LogP) is 3.72. The molecule has 0 nitrogen and oxygen atoms in total. The van der Waals surface area contributed by atoms with Gasteiger partial charge in [0.15, 0.2) is 0 Å². The monoisotopic (exact) mass is 196 g/mol. The zero-order chi connectivity index (χ0) is 9.10. The van der Waals surface area contributed by atoms with Crippen LogP contribution in [0.3, 0.4) is 0 Å². The molecule has 0 saturated heterocycles. The normalized spacial score (nSPS) is 17.0. The average Bonchev–Trinajstić information content (AvgIpc) is 2.05. The Balaban J connectivity index is 1.89. The number of halogens is 1. The SMILES string of the molecule is Fc1ccccc1SCC1CCC1. The van der Waals surface area contributed by atoms with E-state index >= 15 is 0 Å². The first-order valence-electron chi connectivity index (χ1n) is 4.73. The predicted molar refractivity (Wildman–Crippen MR) is 54.5 cm³/mol. The molecule has 2 rings (SSSR count). The number of thioether (sulfide) groups is 1. The second-order valence-electron chi connectivity index (χ2n) is 3.54. The first-order valence-corrected chi connectivity index (χ1v) is 5.72. The molecule has 0 atom stereocenters. The lowest BCUT2D eigenvalue weighted by Crippen LogP contribution is -2.13. The number of rotatable bonds is 3. The molecule has 0 aliphatic heterocycles. The van der Waals surface area contributed by atoms with E-state index in [2.05, 4.69) is 0 Å². The lowest BCUT2D eigenvalue weighted by molar-refractivity contribution is 0.353. The molecule has 1 fully saturated rings. The van der Waals surface area contributed by atoms with E-state index in [1.807, 2.05) is 12.1 Å². The van der Waals surface area contributed by atoms with Crippen molar-refractivity contribution >= 4 is 11.8 Å². The summed E-state index contributed by atoms with van der Waals surface area (Å²) in [6, 6.07) is 7.02. The fourth-order valence-corrected chi connectivity index (χ4v) is 2.56. The minimum Gasteiger partial charge on any atom is -0.206 e. The van der Waals surface area contributed by atoms with E-state index in [-0.39, 0.29) is 5.82 Å². The molecule has 0 N–H and O–H groups in total. The number of hydrogen-bond acceptors (Lipinski definition) is 1. The van der Waals surface area contributed by atoms with Crippen molar-refractivity contribution in [3.8, 4) is 0 Å². The van der Waals surface area contributed by atoms with Gasteiger partial charge in [-0.1, -0.05) is 18.6 Å². The van der Waals surface area contributed by atoms with Gasteiger partial charge in [-0.3, -0.25) is 0 Å². The highest BCUT2D eigenvalue weighted by molar-refractivity contribution is 7.99. The van der Waals surface area contributed by atoms with Gasteiger partial charge in [0.2, 0.25) is 0 Å². The van der Waals surface area contributed by atoms with Crippen LogP contribution in [0.4, 0.5) is 4.39 Å². The summed E-state index contributed by atoms with van der Waals surface area (Å²) in [6.45, 7) is 0. The molecule has 1 aliphatic rings. The molecule has 0 unspecified atom stereocenters. The molecule has 1 saturated carbocycles. The molecular formula is C11H13FS. The van der Waals surface area contributed by atoms with Gasteiger partial charge in [0.05, 0.1) is 0 Å². The summed E-state index contributed by atoms with van der Waals surface area (Å²) in [5.41, 5.74) is 0. The van der Waals surface area contributed by atoms with Crippen molar-refractivity contribution in [2.45, 2.75) is 24.2 Å². The molecule has 0 bridgehead atoms. The molecule has 0 radical (unpaired) electrons. The molecule has 0 aromatic heterocycles. The van der Waals surface area contributed by atoms with Crippen LogP contribution in [0.1, 0.15) is 19.3 Å². The van der Waals surface area contributed by atoms with E-state index in [1.54, 1.807) is 17.8 Å². The van der Waals surface area contributed by atoms with Gasteiger partial charge in [-0.05, 0) is 30.9 Å². The fraction of sp³-hybridized carbons (Fsp3) is 0.455. The Kier molecular flexibility index (Phi) is 2.89. The maximum atomic E-state index is 13.1. The maximum Gasteiger partial charge on any atom is 0.136 e.